The fourth-order valence-electron chi connectivity index (χ4n) is 3.10. The molecule has 0 saturated carbocycles. The Hall–Kier alpha value is -1.97. The van der Waals surface area contributed by atoms with E-state index < -0.39 is 0 Å². The minimum absolute atomic E-state index is 0. The third kappa shape index (κ3) is 3.52. The van der Waals surface area contributed by atoms with Crippen LogP contribution in [0.2, 0.25) is 0 Å². The summed E-state index contributed by atoms with van der Waals surface area (Å²) >= 11 is 0. The first-order valence-corrected chi connectivity index (χ1v) is 7.68. The van der Waals surface area contributed by atoms with Gasteiger partial charge in [-0.05, 0) is 43.3 Å². The van der Waals surface area contributed by atoms with Gasteiger partial charge in [-0.3, -0.25) is 0 Å². The summed E-state index contributed by atoms with van der Waals surface area (Å²) < 4.78 is 5.58. The maximum absolute atomic E-state index is 5.58. The van der Waals surface area contributed by atoms with Crippen molar-refractivity contribution in [2.24, 2.45) is 0 Å². The van der Waals surface area contributed by atoms with Crippen molar-refractivity contribution < 1.29 is 4.74 Å². The highest BCUT2D eigenvalue weighted by molar-refractivity contribution is 5.90. The molecule has 0 aliphatic rings. The molecule has 0 amide bonds. The van der Waals surface area contributed by atoms with E-state index in [1.165, 1.54) is 16.5 Å². The van der Waals surface area contributed by atoms with Gasteiger partial charge in [0.25, 0.3) is 0 Å². The van der Waals surface area contributed by atoms with Crippen LogP contribution in [0.1, 0.15) is 23.5 Å². The Balaban J connectivity index is 0.00000192. The molecule has 1 heterocycles. The summed E-state index contributed by atoms with van der Waals surface area (Å²) in [5, 5.41) is 4.45. The fraction of sp³-hybridized carbons (Fsp3) is 0.263. The molecule has 3 nitrogen and oxygen atoms in total. The van der Waals surface area contributed by atoms with Crippen LogP contribution in [0.25, 0.3) is 10.9 Å². The summed E-state index contributed by atoms with van der Waals surface area (Å²) in [6.07, 6.45) is 3.17. The lowest BCUT2D eigenvalue weighted by Gasteiger charge is -2.18. The molecule has 0 bridgehead atoms. The summed E-state index contributed by atoms with van der Waals surface area (Å²) in [5.41, 5.74) is 3.76. The lowest BCUT2D eigenvalue weighted by Crippen LogP contribution is -2.13. The SMILES string of the molecule is CNCC[C@H](c1ccccc1)c1c[nH]c2cccc(OC)c12.Cl. The van der Waals surface area contributed by atoms with Crippen LogP contribution in [-0.4, -0.2) is 25.7 Å². The third-order valence-corrected chi connectivity index (χ3v) is 4.18. The van der Waals surface area contributed by atoms with Crippen LogP contribution in [0.5, 0.6) is 5.75 Å². The van der Waals surface area contributed by atoms with Crippen molar-refractivity contribution in [3.8, 4) is 5.75 Å². The molecular weight excluding hydrogens is 308 g/mol. The number of nitrogens with one attached hydrogen (secondary N) is 2. The molecule has 1 atom stereocenters. The second-order valence-electron chi connectivity index (χ2n) is 5.48. The average Bonchev–Trinajstić information content (AvgIpc) is 3.00. The van der Waals surface area contributed by atoms with Crippen molar-refractivity contribution in [1.82, 2.24) is 10.3 Å². The summed E-state index contributed by atoms with van der Waals surface area (Å²) in [5.74, 6) is 1.28. The number of methoxy groups -OCH3 is 1. The molecule has 1 aromatic heterocycles. The second kappa shape index (κ2) is 8.04. The van der Waals surface area contributed by atoms with E-state index in [1.807, 2.05) is 19.2 Å². The van der Waals surface area contributed by atoms with Gasteiger partial charge in [0.1, 0.15) is 5.75 Å². The first-order valence-electron chi connectivity index (χ1n) is 7.68. The highest BCUT2D eigenvalue weighted by atomic mass is 35.5. The molecule has 3 aromatic rings. The molecule has 0 unspecified atom stereocenters. The Morgan fingerprint density at radius 3 is 2.57 bits per heavy atom. The number of halogens is 1. The lowest BCUT2D eigenvalue weighted by atomic mass is 9.88. The van der Waals surface area contributed by atoms with E-state index in [-0.39, 0.29) is 12.4 Å². The molecular formula is C19H23ClN2O. The first-order chi connectivity index (χ1) is 10.8. The molecule has 2 N–H and O–H groups in total. The van der Waals surface area contributed by atoms with Gasteiger partial charge in [-0.2, -0.15) is 0 Å². The van der Waals surface area contributed by atoms with Crippen molar-refractivity contribution in [2.45, 2.75) is 12.3 Å². The van der Waals surface area contributed by atoms with Gasteiger partial charge in [0, 0.05) is 23.0 Å². The number of H-pyrrole nitrogens is 1. The number of ether oxygens (including phenoxy) is 1. The van der Waals surface area contributed by atoms with E-state index in [9.17, 15) is 0 Å². The van der Waals surface area contributed by atoms with E-state index in [0.29, 0.717) is 5.92 Å². The summed E-state index contributed by atoms with van der Waals surface area (Å²) in [6, 6.07) is 16.8. The molecule has 4 heteroatoms. The normalized spacial score (nSPS) is 11.9. The first kappa shape index (κ1) is 17.4. The number of aromatic nitrogens is 1. The average molecular weight is 331 g/mol. The van der Waals surface area contributed by atoms with E-state index in [2.05, 4.69) is 52.9 Å². The molecule has 122 valence electrons. The number of rotatable bonds is 6. The van der Waals surface area contributed by atoms with Gasteiger partial charge >= 0.3 is 0 Å². The monoisotopic (exact) mass is 330 g/mol. The van der Waals surface area contributed by atoms with Crippen molar-refractivity contribution in [1.29, 1.82) is 0 Å². The Labute approximate surface area is 143 Å². The molecule has 3 rings (SSSR count). The van der Waals surface area contributed by atoms with Crippen LogP contribution in [-0.2, 0) is 0 Å². The highest BCUT2D eigenvalue weighted by Crippen LogP contribution is 2.37. The summed E-state index contributed by atoms with van der Waals surface area (Å²) in [4.78, 5) is 3.39. The van der Waals surface area contributed by atoms with Crippen LogP contribution in [0, 0.1) is 0 Å². The van der Waals surface area contributed by atoms with E-state index in [4.69, 9.17) is 4.74 Å². The zero-order chi connectivity index (χ0) is 15.4. The summed E-state index contributed by atoms with van der Waals surface area (Å²) in [6.45, 7) is 0.974. The van der Waals surface area contributed by atoms with Crippen molar-refractivity contribution in [2.75, 3.05) is 20.7 Å². The van der Waals surface area contributed by atoms with Crippen LogP contribution in [0.3, 0.4) is 0 Å². The second-order valence-corrected chi connectivity index (χ2v) is 5.48. The fourth-order valence-corrected chi connectivity index (χ4v) is 3.10. The van der Waals surface area contributed by atoms with E-state index in [1.54, 1.807) is 7.11 Å². The Kier molecular flexibility index (Phi) is 6.08. The molecule has 23 heavy (non-hydrogen) atoms. The predicted octanol–water partition coefficient (Wildman–Crippen LogP) is 4.34. The van der Waals surface area contributed by atoms with Gasteiger partial charge in [0.15, 0.2) is 0 Å². The van der Waals surface area contributed by atoms with Crippen molar-refractivity contribution in [3.63, 3.8) is 0 Å². The quantitative estimate of drug-likeness (QED) is 0.705. The summed E-state index contributed by atoms with van der Waals surface area (Å²) in [7, 11) is 3.73. The molecule has 0 aliphatic heterocycles. The lowest BCUT2D eigenvalue weighted by molar-refractivity contribution is 0.419. The zero-order valence-electron chi connectivity index (χ0n) is 13.5. The minimum Gasteiger partial charge on any atom is -0.496 e. The number of fused-ring (bicyclic) bond motifs is 1. The zero-order valence-corrected chi connectivity index (χ0v) is 14.3. The number of benzene rings is 2. The largest absolute Gasteiger partial charge is 0.496 e. The molecule has 0 fully saturated rings. The molecule has 0 aliphatic carbocycles. The van der Waals surface area contributed by atoms with Gasteiger partial charge in [-0.25, -0.2) is 0 Å². The number of hydrogen-bond acceptors (Lipinski definition) is 2. The molecule has 0 radical (unpaired) electrons. The highest BCUT2D eigenvalue weighted by Gasteiger charge is 2.19. The van der Waals surface area contributed by atoms with Gasteiger partial charge in [-0.1, -0.05) is 36.4 Å². The maximum atomic E-state index is 5.58. The topological polar surface area (TPSA) is 37.0 Å². The Morgan fingerprint density at radius 2 is 1.87 bits per heavy atom. The third-order valence-electron chi connectivity index (χ3n) is 4.18. The standard InChI is InChI=1S/C19H22N2O.ClH/c1-20-12-11-15(14-7-4-3-5-8-14)16-13-21-17-9-6-10-18(22-2)19(16)17;/h3-10,13,15,20-21H,11-12H2,1-2H3;1H/t15-;/m1./s1. The van der Waals surface area contributed by atoms with Gasteiger partial charge in [-0.15, -0.1) is 12.4 Å². The van der Waals surface area contributed by atoms with Crippen molar-refractivity contribution >= 4 is 23.3 Å². The molecule has 0 spiro atoms. The van der Waals surface area contributed by atoms with Gasteiger partial charge < -0.3 is 15.0 Å². The predicted molar refractivity (Wildman–Crippen MR) is 98.9 cm³/mol. The van der Waals surface area contributed by atoms with Crippen LogP contribution >= 0.6 is 12.4 Å². The van der Waals surface area contributed by atoms with Crippen LogP contribution in [0.15, 0.2) is 54.7 Å². The molecule has 2 aromatic carbocycles. The Bertz CT molecular complexity index is 739. The van der Waals surface area contributed by atoms with Gasteiger partial charge in [0.05, 0.1) is 7.11 Å². The maximum Gasteiger partial charge on any atom is 0.128 e. The number of hydrogen-bond donors (Lipinski definition) is 2. The van der Waals surface area contributed by atoms with E-state index in [0.717, 1.165) is 24.2 Å². The van der Waals surface area contributed by atoms with Gasteiger partial charge in [0.2, 0.25) is 0 Å². The minimum atomic E-state index is 0. The smallest absolute Gasteiger partial charge is 0.128 e. The Morgan fingerprint density at radius 1 is 1.09 bits per heavy atom. The van der Waals surface area contributed by atoms with Crippen molar-refractivity contribution in [3.05, 3.63) is 65.9 Å². The van der Waals surface area contributed by atoms with Crippen LogP contribution in [0.4, 0.5) is 0 Å². The van der Waals surface area contributed by atoms with Crippen LogP contribution < -0.4 is 10.1 Å². The number of aromatic amines is 1. The van der Waals surface area contributed by atoms with E-state index >= 15 is 0 Å². The molecule has 0 saturated heterocycles.